The molecule has 2 aliphatic heterocycles. The fourth-order valence-corrected chi connectivity index (χ4v) is 4.44. The van der Waals surface area contributed by atoms with E-state index < -0.39 is 10.4 Å². The van der Waals surface area contributed by atoms with Crippen LogP contribution in [0.25, 0.3) is 0 Å². The fraction of sp³-hybridized carbons (Fsp3) is 0.524. The zero-order valence-corrected chi connectivity index (χ0v) is 17.9. The third kappa shape index (κ3) is 5.47. The Balaban J connectivity index is 1.24. The van der Waals surface area contributed by atoms with Crippen LogP contribution in [0.3, 0.4) is 0 Å². The van der Waals surface area contributed by atoms with Crippen molar-refractivity contribution in [3.63, 3.8) is 0 Å². The Bertz CT molecular complexity index is 912. The summed E-state index contributed by atoms with van der Waals surface area (Å²) in [4.78, 5) is 11.1. The number of piperidine rings is 1. The Labute approximate surface area is 177 Å². The Hall–Kier alpha value is -2.23. The van der Waals surface area contributed by atoms with Gasteiger partial charge < -0.3 is 9.64 Å². The zero-order chi connectivity index (χ0) is 21.0. The number of anilines is 1. The molecule has 2 saturated heterocycles. The molecular weight excluding hydrogens is 406 g/mol. The molecule has 9 heteroatoms. The van der Waals surface area contributed by atoms with Gasteiger partial charge in [-0.2, -0.15) is 8.42 Å². The van der Waals surface area contributed by atoms with E-state index in [4.69, 9.17) is 13.1 Å². The van der Waals surface area contributed by atoms with Gasteiger partial charge in [0, 0.05) is 44.2 Å². The molecule has 0 aliphatic carbocycles. The third-order valence-electron chi connectivity index (χ3n) is 5.47. The van der Waals surface area contributed by atoms with Crippen molar-refractivity contribution in [2.75, 3.05) is 31.2 Å². The van der Waals surface area contributed by atoms with Crippen LogP contribution in [0.5, 0.6) is 5.75 Å². The van der Waals surface area contributed by atoms with Gasteiger partial charge in [0.2, 0.25) is 5.95 Å². The van der Waals surface area contributed by atoms with Gasteiger partial charge in [-0.25, -0.2) is 18.3 Å². The highest BCUT2D eigenvalue weighted by Gasteiger charge is 2.25. The molecule has 0 spiro atoms. The summed E-state index contributed by atoms with van der Waals surface area (Å²) in [5.41, 5.74) is 2.25. The van der Waals surface area contributed by atoms with Crippen molar-refractivity contribution in [3.8, 4) is 5.75 Å². The first-order valence-electron chi connectivity index (χ1n) is 10.4. The second-order valence-electron chi connectivity index (χ2n) is 7.74. The van der Waals surface area contributed by atoms with Crippen molar-refractivity contribution < 1.29 is 21.5 Å². The summed E-state index contributed by atoms with van der Waals surface area (Å²) in [6.07, 6.45) is 7.46. The van der Waals surface area contributed by atoms with Crippen molar-refractivity contribution in [3.05, 3.63) is 47.8 Å². The maximum absolute atomic E-state index is 11.1. The molecule has 2 fully saturated rings. The van der Waals surface area contributed by atoms with Gasteiger partial charge in [-0.3, -0.25) is 0 Å². The third-order valence-corrected chi connectivity index (χ3v) is 6.32. The van der Waals surface area contributed by atoms with Crippen LogP contribution in [0.4, 0.5) is 5.95 Å². The van der Waals surface area contributed by atoms with Crippen molar-refractivity contribution in [2.45, 2.75) is 38.7 Å². The molecule has 0 bridgehead atoms. The van der Waals surface area contributed by atoms with Crippen LogP contribution < -0.4 is 9.64 Å². The molecule has 0 unspecified atom stereocenters. The maximum Gasteiger partial charge on any atom is 0.399 e. The zero-order valence-electron chi connectivity index (χ0n) is 17.1. The summed E-state index contributed by atoms with van der Waals surface area (Å²) in [5.74, 6) is 1.66. The van der Waals surface area contributed by atoms with E-state index in [1.54, 1.807) is 0 Å². The lowest BCUT2D eigenvalue weighted by atomic mass is 10.0. The number of aromatic nitrogens is 2. The number of rotatable bonds is 6. The molecular formula is C21H27N3O5S. The summed E-state index contributed by atoms with van der Waals surface area (Å²) >= 11 is 0. The molecule has 4 rings (SSSR count). The van der Waals surface area contributed by atoms with Gasteiger partial charge in [-0.15, -0.1) is 0 Å². The molecule has 2 aliphatic rings. The van der Waals surface area contributed by atoms with Gasteiger partial charge in [-0.1, -0.05) is 19.1 Å². The average Bonchev–Trinajstić information content (AvgIpc) is 2.77. The highest BCUT2D eigenvalue weighted by Crippen LogP contribution is 2.23. The standard InChI is InChI=1S/C21H27N3O5S/c1-2-16-12-22-21(23-13-16)24-9-7-20(8-10-24)29-19-5-3-17(4-6-19)11-18-14-27-30(25,26)28-15-18/h3-6,12-13,18,20H,2,7-11,14-15H2,1H3. The molecule has 30 heavy (non-hydrogen) atoms. The summed E-state index contributed by atoms with van der Waals surface area (Å²) in [6.45, 7) is 4.16. The van der Waals surface area contributed by atoms with E-state index >= 15 is 0 Å². The number of ether oxygens (including phenoxy) is 1. The molecule has 3 heterocycles. The van der Waals surface area contributed by atoms with Crippen LogP contribution in [0.1, 0.15) is 30.9 Å². The van der Waals surface area contributed by atoms with Gasteiger partial charge in [0.15, 0.2) is 0 Å². The number of nitrogens with zero attached hydrogens (tertiary/aromatic N) is 3. The molecule has 0 saturated carbocycles. The first kappa shape index (κ1) is 21.0. The smallest absolute Gasteiger partial charge is 0.399 e. The summed E-state index contributed by atoms with van der Waals surface area (Å²) < 4.78 is 37.9. The van der Waals surface area contributed by atoms with E-state index in [1.807, 2.05) is 36.7 Å². The van der Waals surface area contributed by atoms with Crippen LogP contribution >= 0.6 is 0 Å². The van der Waals surface area contributed by atoms with E-state index in [1.165, 1.54) is 0 Å². The number of hydrogen-bond acceptors (Lipinski definition) is 8. The molecule has 1 aromatic heterocycles. The average molecular weight is 434 g/mol. The van der Waals surface area contributed by atoms with Crippen molar-refractivity contribution in [2.24, 2.45) is 5.92 Å². The van der Waals surface area contributed by atoms with Crippen LogP contribution in [0.2, 0.25) is 0 Å². The second-order valence-corrected chi connectivity index (χ2v) is 9.03. The Kier molecular flexibility index (Phi) is 6.50. The second kappa shape index (κ2) is 9.28. The quantitative estimate of drug-likeness (QED) is 0.686. The lowest BCUT2D eigenvalue weighted by Crippen LogP contribution is -2.39. The molecule has 0 radical (unpaired) electrons. The predicted octanol–water partition coefficient (Wildman–Crippen LogP) is 2.54. The molecule has 2 aromatic rings. The fourth-order valence-electron chi connectivity index (χ4n) is 3.66. The maximum atomic E-state index is 11.1. The molecule has 1 aromatic carbocycles. The predicted molar refractivity (Wildman–Crippen MR) is 112 cm³/mol. The van der Waals surface area contributed by atoms with E-state index in [0.717, 1.165) is 55.2 Å². The highest BCUT2D eigenvalue weighted by atomic mass is 32.3. The van der Waals surface area contributed by atoms with Crippen LogP contribution in [0.15, 0.2) is 36.7 Å². The topological polar surface area (TPSA) is 90.9 Å². The minimum absolute atomic E-state index is 0.0261. The van der Waals surface area contributed by atoms with Crippen LogP contribution in [0, 0.1) is 5.92 Å². The van der Waals surface area contributed by atoms with Crippen molar-refractivity contribution in [1.82, 2.24) is 9.97 Å². The van der Waals surface area contributed by atoms with E-state index in [0.29, 0.717) is 6.42 Å². The van der Waals surface area contributed by atoms with Gasteiger partial charge in [-0.05, 0) is 36.1 Å². The van der Waals surface area contributed by atoms with Crippen LogP contribution in [-0.2, 0) is 31.6 Å². The Morgan fingerprint density at radius 3 is 2.27 bits per heavy atom. The summed E-state index contributed by atoms with van der Waals surface area (Å²) in [5, 5.41) is 0. The minimum atomic E-state index is -3.79. The molecule has 8 nitrogen and oxygen atoms in total. The molecule has 0 amide bonds. The lowest BCUT2D eigenvalue weighted by molar-refractivity contribution is 0.103. The van der Waals surface area contributed by atoms with E-state index in [2.05, 4.69) is 21.8 Å². The van der Waals surface area contributed by atoms with Gasteiger partial charge in [0.05, 0.1) is 13.2 Å². The van der Waals surface area contributed by atoms with Gasteiger partial charge in [0.1, 0.15) is 11.9 Å². The molecule has 0 N–H and O–H groups in total. The number of hydrogen-bond donors (Lipinski definition) is 0. The summed E-state index contributed by atoms with van der Waals surface area (Å²) in [7, 11) is -3.79. The molecule has 0 atom stereocenters. The first-order valence-corrected chi connectivity index (χ1v) is 11.7. The van der Waals surface area contributed by atoms with Gasteiger partial charge in [0.25, 0.3) is 0 Å². The largest absolute Gasteiger partial charge is 0.490 e. The lowest BCUT2D eigenvalue weighted by Gasteiger charge is -2.32. The summed E-state index contributed by atoms with van der Waals surface area (Å²) in [6, 6.07) is 7.96. The molecule has 162 valence electrons. The number of benzene rings is 1. The van der Waals surface area contributed by atoms with E-state index in [9.17, 15) is 8.42 Å². The SMILES string of the molecule is CCc1cnc(N2CCC(Oc3ccc(CC4COS(=O)(=O)OC4)cc3)CC2)nc1. The Morgan fingerprint density at radius 1 is 1.03 bits per heavy atom. The highest BCUT2D eigenvalue weighted by molar-refractivity contribution is 7.81. The minimum Gasteiger partial charge on any atom is -0.490 e. The normalized spacial score (nSPS) is 20.2. The Morgan fingerprint density at radius 2 is 1.67 bits per heavy atom. The monoisotopic (exact) mass is 433 g/mol. The van der Waals surface area contributed by atoms with Crippen LogP contribution in [-0.4, -0.2) is 50.8 Å². The van der Waals surface area contributed by atoms with E-state index in [-0.39, 0.29) is 25.2 Å². The van der Waals surface area contributed by atoms with Gasteiger partial charge >= 0.3 is 10.4 Å². The van der Waals surface area contributed by atoms with Crippen molar-refractivity contribution >= 4 is 16.3 Å². The first-order chi connectivity index (χ1) is 14.5. The van der Waals surface area contributed by atoms with Crippen molar-refractivity contribution in [1.29, 1.82) is 0 Å². The number of aryl methyl sites for hydroxylation is 1.